The zero-order valence-corrected chi connectivity index (χ0v) is 12.9. The molecule has 0 aromatic carbocycles. The minimum absolute atomic E-state index is 0.00328. The molecular weight excluding hydrogens is 290 g/mol. The number of hydrogen-bond acceptors (Lipinski definition) is 5. The number of pyridine rings is 1. The Labute approximate surface area is 124 Å². The lowest BCUT2D eigenvalue weighted by Crippen LogP contribution is -2.26. The average molecular weight is 309 g/mol. The van der Waals surface area contributed by atoms with Crippen LogP contribution in [0.5, 0.6) is 0 Å². The third kappa shape index (κ3) is 3.79. The molecule has 2 rings (SSSR count). The van der Waals surface area contributed by atoms with E-state index in [1.165, 1.54) is 12.3 Å². The number of nitrogens with one attached hydrogen (secondary N) is 1. The first-order valence-electron chi connectivity index (χ1n) is 6.61. The fourth-order valence-electron chi connectivity index (χ4n) is 2.04. The van der Waals surface area contributed by atoms with Crippen molar-refractivity contribution < 1.29 is 8.42 Å². The van der Waals surface area contributed by atoms with E-state index in [0.29, 0.717) is 19.5 Å². The number of nitrogen functional groups attached to an aromatic ring is 1. The van der Waals surface area contributed by atoms with E-state index in [-0.39, 0.29) is 10.7 Å². The summed E-state index contributed by atoms with van der Waals surface area (Å²) in [5.41, 5.74) is 7.60. The van der Waals surface area contributed by atoms with Crippen LogP contribution in [0.15, 0.2) is 29.3 Å². The Balaban J connectivity index is 1.91. The summed E-state index contributed by atoms with van der Waals surface area (Å²) < 4.78 is 28.6. The molecule has 0 spiro atoms. The minimum atomic E-state index is -3.62. The molecule has 0 aliphatic heterocycles. The van der Waals surface area contributed by atoms with E-state index in [9.17, 15) is 8.42 Å². The molecule has 0 unspecified atom stereocenters. The van der Waals surface area contributed by atoms with Crippen LogP contribution in [0.1, 0.15) is 17.8 Å². The molecule has 0 amide bonds. The molecular formula is C13H19N5O2S. The van der Waals surface area contributed by atoms with Gasteiger partial charge in [-0.3, -0.25) is 4.68 Å². The molecule has 8 heteroatoms. The fraction of sp³-hybridized carbons (Fsp3) is 0.385. The summed E-state index contributed by atoms with van der Waals surface area (Å²) in [7, 11) is -3.62. The van der Waals surface area contributed by atoms with Crippen LogP contribution in [0.3, 0.4) is 0 Å². The first-order chi connectivity index (χ1) is 9.90. The van der Waals surface area contributed by atoms with E-state index < -0.39 is 10.0 Å². The van der Waals surface area contributed by atoms with Crippen LogP contribution in [0, 0.1) is 13.8 Å². The Morgan fingerprint density at radius 3 is 2.76 bits per heavy atom. The molecule has 0 saturated carbocycles. The maximum Gasteiger partial charge on any atom is 0.244 e. The molecule has 0 aliphatic rings. The van der Waals surface area contributed by atoms with E-state index in [2.05, 4.69) is 14.8 Å². The van der Waals surface area contributed by atoms with Crippen molar-refractivity contribution in [2.24, 2.45) is 0 Å². The van der Waals surface area contributed by atoms with Crippen LogP contribution in [0.2, 0.25) is 0 Å². The zero-order chi connectivity index (χ0) is 15.5. The van der Waals surface area contributed by atoms with Crippen molar-refractivity contribution in [1.82, 2.24) is 19.5 Å². The molecule has 3 N–H and O–H groups in total. The highest BCUT2D eigenvalue weighted by molar-refractivity contribution is 7.89. The molecule has 114 valence electrons. The van der Waals surface area contributed by atoms with Gasteiger partial charge in [0.05, 0.1) is 5.69 Å². The molecule has 0 fully saturated rings. The summed E-state index contributed by atoms with van der Waals surface area (Å²) in [5, 5.41) is 4.33. The highest BCUT2D eigenvalue weighted by Gasteiger charge is 2.16. The molecule has 0 atom stereocenters. The highest BCUT2D eigenvalue weighted by atomic mass is 32.2. The van der Waals surface area contributed by atoms with E-state index in [4.69, 9.17) is 5.73 Å². The normalized spacial score (nSPS) is 11.7. The van der Waals surface area contributed by atoms with Crippen molar-refractivity contribution in [3.05, 3.63) is 35.8 Å². The maximum absolute atomic E-state index is 12.1. The van der Waals surface area contributed by atoms with Crippen molar-refractivity contribution in [1.29, 1.82) is 0 Å². The second-order valence-corrected chi connectivity index (χ2v) is 6.52. The topological polar surface area (TPSA) is 103 Å². The lowest BCUT2D eigenvalue weighted by molar-refractivity contribution is 0.544. The van der Waals surface area contributed by atoms with Crippen molar-refractivity contribution in [2.45, 2.75) is 31.7 Å². The van der Waals surface area contributed by atoms with Crippen molar-refractivity contribution in [2.75, 3.05) is 12.3 Å². The van der Waals surface area contributed by atoms with Crippen molar-refractivity contribution in [3.63, 3.8) is 0 Å². The minimum Gasteiger partial charge on any atom is -0.383 e. The standard InChI is InChI=1S/C13H19N5O2S/c1-10-9-11(2)18(17-10)8-4-7-16-21(19,20)12-5-3-6-15-13(12)14/h3,5-6,9,16H,4,7-8H2,1-2H3,(H2,14,15). The average Bonchev–Trinajstić information content (AvgIpc) is 2.73. The highest BCUT2D eigenvalue weighted by Crippen LogP contribution is 2.13. The molecule has 0 radical (unpaired) electrons. The summed E-state index contributed by atoms with van der Waals surface area (Å²) in [6.45, 7) is 4.87. The molecule has 0 aliphatic carbocycles. The van der Waals surface area contributed by atoms with Crippen LogP contribution in [-0.4, -0.2) is 29.7 Å². The van der Waals surface area contributed by atoms with Gasteiger partial charge in [-0.15, -0.1) is 0 Å². The Morgan fingerprint density at radius 2 is 2.14 bits per heavy atom. The summed E-state index contributed by atoms with van der Waals surface area (Å²) >= 11 is 0. The third-order valence-electron chi connectivity index (χ3n) is 3.03. The molecule has 7 nitrogen and oxygen atoms in total. The van der Waals surface area contributed by atoms with E-state index in [0.717, 1.165) is 11.4 Å². The maximum atomic E-state index is 12.1. The van der Waals surface area contributed by atoms with Crippen LogP contribution in [0.4, 0.5) is 5.82 Å². The number of aromatic nitrogens is 3. The molecule has 2 heterocycles. The largest absolute Gasteiger partial charge is 0.383 e. The summed E-state index contributed by atoms with van der Waals surface area (Å²) in [4.78, 5) is 3.79. The number of aryl methyl sites for hydroxylation is 3. The summed E-state index contributed by atoms with van der Waals surface area (Å²) in [6, 6.07) is 4.97. The van der Waals surface area contributed by atoms with Gasteiger partial charge in [0.15, 0.2) is 0 Å². The fourth-order valence-corrected chi connectivity index (χ4v) is 3.20. The van der Waals surface area contributed by atoms with Gasteiger partial charge >= 0.3 is 0 Å². The van der Waals surface area contributed by atoms with E-state index in [1.54, 1.807) is 6.07 Å². The van der Waals surface area contributed by atoms with Gasteiger partial charge in [0.2, 0.25) is 10.0 Å². The predicted molar refractivity (Wildman–Crippen MR) is 80.2 cm³/mol. The first kappa shape index (κ1) is 15.5. The second-order valence-electron chi connectivity index (χ2n) is 4.79. The second kappa shape index (κ2) is 6.23. The molecule has 2 aromatic rings. The van der Waals surface area contributed by atoms with Crippen molar-refractivity contribution >= 4 is 15.8 Å². The Hall–Kier alpha value is -1.93. The third-order valence-corrected chi connectivity index (χ3v) is 4.54. The number of nitrogens with zero attached hydrogens (tertiary/aromatic N) is 3. The monoisotopic (exact) mass is 309 g/mol. The number of anilines is 1. The lowest BCUT2D eigenvalue weighted by Gasteiger charge is -2.08. The van der Waals surface area contributed by atoms with Gasteiger partial charge < -0.3 is 5.73 Å². The van der Waals surface area contributed by atoms with Gasteiger partial charge in [-0.1, -0.05) is 0 Å². The van der Waals surface area contributed by atoms with Crippen LogP contribution in [0.25, 0.3) is 0 Å². The number of sulfonamides is 1. The number of rotatable bonds is 6. The smallest absolute Gasteiger partial charge is 0.244 e. The SMILES string of the molecule is Cc1cc(C)n(CCCNS(=O)(=O)c2cccnc2N)n1. The lowest BCUT2D eigenvalue weighted by atomic mass is 10.4. The van der Waals surface area contributed by atoms with Crippen LogP contribution < -0.4 is 10.5 Å². The zero-order valence-electron chi connectivity index (χ0n) is 12.1. The van der Waals surface area contributed by atoms with Gasteiger partial charge in [0.25, 0.3) is 0 Å². The van der Waals surface area contributed by atoms with E-state index >= 15 is 0 Å². The first-order valence-corrected chi connectivity index (χ1v) is 8.09. The summed E-state index contributed by atoms with van der Waals surface area (Å²) in [6.07, 6.45) is 2.10. The Bertz CT molecular complexity index is 724. The molecule has 0 bridgehead atoms. The Morgan fingerprint density at radius 1 is 1.38 bits per heavy atom. The number of nitrogens with two attached hydrogens (primary N) is 1. The quantitative estimate of drug-likeness (QED) is 0.770. The predicted octanol–water partition coefficient (Wildman–Crippen LogP) is 0.846. The van der Waals surface area contributed by atoms with Gasteiger partial charge in [-0.2, -0.15) is 5.10 Å². The number of hydrogen-bond donors (Lipinski definition) is 2. The Kier molecular flexibility index (Phi) is 4.59. The molecule has 2 aromatic heterocycles. The van der Waals surface area contributed by atoms with Gasteiger partial charge in [-0.25, -0.2) is 18.1 Å². The van der Waals surface area contributed by atoms with Gasteiger partial charge in [-0.05, 0) is 38.5 Å². The summed E-state index contributed by atoms with van der Waals surface area (Å²) in [5.74, 6) is 0.00328. The van der Waals surface area contributed by atoms with E-state index in [1.807, 2.05) is 24.6 Å². The van der Waals surface area contributed by atoms with Crippen LogP contribution in [-0.2, 0) is 16.6 Å². The van der Waals surface area contributed by atoms with Gasteiger partial charge in [0.1, 0.15) is 10.7 Å². The molecule has 0 saturated heterocycles. The molecule has 21 heavy (non-hydrogen) atoms. The van der Waals surface area contributed by atoms with Crippen molar-refractivity contribution in [3.8, 4) is 0 Å². The van der Waals surface area contributed by atoms with Gasteiger partial charge in [0, 0.05) is 25.0 Å². The van der Waals surface area contributed by atoms with Crippen LogP contribution >= 0.6 is 0 Å².